The Bertz CT molecular complexity index is 662. The van der Waals surface area contributed by atoms with Crippen LogP contribution < -0.4 is 0 Å². The number of halogens is 4. The number of aromatic hydroxyl groups is 1. The molecule has 0 saturated heterocycles. The standard InChI is InChI=1S/C12H6BrCl3N2O/c13-8-3-7(15)5-11(12(8)19)18-17-10-2-1-6(14)4-9(10)16/h1-5,19H. The van der Waals surface area contributed by atoms with E-state index in [9.17, 15) is 5.11 Å². The van der Waals surface area contributed by atoms with Crippen molar-refractivity contribution in [3.8, 4) is 5.75 Å². The lowest BCUT2D eigenvalue weighted by molar-refractivity contribution is 0.473. The largest absolute Gasteiger partial charge is 0.505 e. The lowest BCUT2D eigenvalue weighted by Crippen LogP contribution is -1.73. The zero-order chi connectivity index (χ0) is 14.0. The summed E-state index contributed by atoms with van der Waals surface area (Å²) < 4.78 is 0.441. The monoisotopic (exact) mass is 378 g/mol. The zero-order valence-electron chi connectivity index (χ0n) is 9.24. The van der Waals surface area contributed by atoms with Gasteiger partial charge in [-0.2, -0.15) is 0 Å². The van der Waals surface area contributed by atoms with Crippen LogP contribution in [0.1, 0.15) is 0 Å². The van der Waals surface area contributed by atoms with Crippen molar-refractivity contribution in [2.75, 3.05) is 0 Å². The zero-order valence-corrected chi connectivity index (χ0v) is 13.1. The molecule has 2 aromatic carbocycles. The average molecular weight is 380 g/mol. The molecule has 0 aliphatic carbocycles. The molecule has 0 atom stereocenters. The lowest BCUT2D eigenvalue weighted by Gasteiger charge is -2.02. The highest BCUT2D eigenvalue weighted by molar-refractivity contribution is 9.10. The van der Waals surface area contributed by atoms with Gasteiger partial charge in [-0.25, -0.2) is 0 Å². The average Bonchev–Trinajstić information content (AvgIpc) is 2.33. The first kappa shape index (κ1) is 14.6. The van der Waals surface area contributed by atoms with E-state index >= 15 is 0 Å². The number of hydrogen-bond acceptors (Lipinski definition) is 3. The van der Waals surface area contributed by atoms with Crippen molar-refractivity contribution in [3.63, 3.8) is 0 Å². The molecule has 0 unspecified atom stereocenters. The van der Waals surface area contributed by atoms with Gasteiger partial charge in [-0.1, -0.05) is 34.8 Å². The molecule has 1 N–H and O–H groups in total. The SMILES string of the molecule is Oc1c(Br)cc(Cl)cc1N=Nc1ccc(Cl)cc1Cl. The van der Waals surface area contributed by atoms with E-state index < -0.39 is 0 Å². The summed E-state index contributed by atoms with van der Waals surface area (Å²) in [7, 11) is 0. The van der Waals surface area contributed by atoms with Crippen LogP contribution in [0.4, 0.5) is 11.4 Å². The molecule has 0 heterocycles. The molecule has 2 aromatic rings. The van der Waals surface area contributed by atoms with Crippen LogP contribution in [0, 0.1) is 0 Å². The van der Waals surface area contributed by atoms with E-state index in [0.717, 1.165) is 0 Å². The Balaban J connectivity index is 2.38. The molecule has 0 aromatic heterocycles. The van der Waals surface area contributed by atoms with Crippen LogP contribution in [0.15, 0.2) is 45.0 Å². The molecule has 0 fully saturated rings. The molecule has 0 bridgehead atoms. The van der Waals surface area contributed by atoms with E-state index in [0.29, 0.717) is 25.2 Å². The Hall–Kier alpha value is -0.810. The fraction of sp³-hybridized carbons (Fsp3) is 0. The summed E-state index contributed by atoms with van der Waals surface area (Å²) in [5.74, 6) is -0.0433. The molecule has 0 spiro atoms. The molecular formula is C12H6BrCl3N2O. The molecule has 0 radical (unpaired) electrons. The Morgan fingerprint density at radius 2 is 1.58 bits per heavy atom. The molecule has 0 saturated carbocycles. The highest BCUT2D eigenvalue weighted by Gasteiger charge is 2.07. The summed E-state index contributed by atoms with van der Waals surface area (Å²) in [5, 5.41) is 19.0. The molecule has 98 valence electrons. The first-order valence-electron chi connectivity index (χ1n) is 5.02. The van der Waals surface area contributed by atoms with Gasteiger partial charge in [0.1, 0.15) is 11.4 Å². The Kier molecular flexibility index (Phi) is 4.68. The van der Waals surface area contributed by atoms with Crippen molar-refractivity contribution >= 4 is 62.1 Å². The molecular weight excluding hydrogens is 374 g/mol. The van der Waals surface area contributed by atoms with Gasteiger partial charge in [0, 0.05) is 10.0 Å². The van der Waals surface area contributed by atoms with E-state index in [1.54, 1.807) is 24.3 Å². The van der Waals surface area contributed by atoms with Gasteiger partial charge in [-0.05, 0) is 46.3 Å². The Labute approximate surface area is 133 Å². The van der Waals surface area contributed by atoms with Crippen LogP contribution >= 0.6 is 50.7 Å². The van der Waals surface area contributed by atoms with E-state index in [-0.39, 0.29) is 11.4 Å². The van der Waals surface area contributed by atoms with E-state index in [1.807, 2.05) is 0 Å². The maximum absolute atomic E-state index is 9.80. The second-order valence-electron chi connectivity index (χ2n) is 3.55. The van der Waals surface area contributed by atoms with Crippen molar-refractivity contribution in [2.24, 2.45) is 10.2 Å². The van der Waals surface area contributed by atoms with E-state index in [1.165, 1.54) is 6.07 Å². The maximum Gasteiger partial charge on any atom is 0.157 e. The lowest BCUT2D eigenvalue weighted by atomic mass is 10.3. The maximum atomic E-state index is 9.80. The minimum absolute atomic E-state index is 0.0433. The van der Waals surface area contributed by atoms with Crippen molar-refractivity contribution < 1.29 is 5.11 Å². The highest BCUT2D eigenvalue weighted by Crippen LogP contribution is 2.38. The predicted octanol–water partition coefficient (Wildman–Crippen LogP) is 6.53. The number of hydrogen-bond donors (Lipinski definition) is 1. The summed E-state index contributed by atoms with van der Waals surface area (Å²) >= 11 is 20.8. The van der Waals surface area contributed by atoms with Crippen LogP contribution in [-0.4, -0.2) is 5.11 Å². The third-order valence-electron chi connectivity index (χ3n) is 2.18. The van der Waals surface area contributed by atoms with Crippen molar-refractivity contribution in [1.29, 1.82) is 0 Å². The molecule has 3 nitrogen and oxygen atoms in total. The number of phenolic OH excluding ortho intramolecular Hbond substituents is 1. The smallest absolute Gasteiger partial charge is 0.157 e. The Morgan fingerprint density at radius 3 is 2.26 bits per heavy atom. The van der Waals surface area contributed by atoms with Crippen LogP contribution in [0.3, 0.4) is 0 Å². The first-order valence-corrected chi connectivity index (χ1v) is 6.95. The van der Waals surface area contributed by atoms with Crippen molar-refractivity contribution in [2.45, 2.75) is 0 Å². The topological polar surface area (TPSA) is 45.0 Å². The predicted molar refractivity (Wildman–Crippen MR) is 81.5 cm³/mol. The second kappa shape index (κ2) is 6.09. The number of benzene rings is 2. The third kappa shape index (κ3) is 3.60. The third-order valence-corrected chi connectivity index (χ3v) is 3.54. The summed E-state index contributed by atoms with van der Waals surface area (Å²) in [6.07, 6.45) is 0. The number of nitrogens with zero attached hydrogens (tertiary/aromatic N) is 2. The molecule has 0 amide bonds. The van der Waals surface area contributed by atoms with Gasteiger partial charge in [0.25, 0.3) is 0 Å². The summed E-state index contributed by atoms with van der Waals surface area (Å²) in [4.78, 5) is 0. The Morgan fingerprint density at radius 1 is 0.895 bits per heavy atom. The van der Waals surface area contributed by atoms with Gasteiger partial charge in [0.05, 0.1) is 9.50 Å². The van der Waals surface area contributed by atoms with Gasteiger partial charge in [0.15, 0.2) is 5.75 Å². The quantitative estimate of drug-likeness (QED) is 0.592. The fourth-order valence-electron chi connectivity index (χ4n) is 1.30. The van der Waals surface area contributed by atoms with Crippen molar-refractivity contribution in [1.82, 2.24) is 0 Å². The molecule has 2 rings (SSSR count). The molecule has 0 aliphatic heterocycles. The summed E-state index contributed by atoms with van der Waals surface area (Å²) in [5.41, 5.74) is 0.687. The van der Waals surface area contributed by atoms with E-state index in [2.05, 4.69) is 26.2 Å². The van der Waals surface area contributed by atoms with Crippen LogP contribution in [0.25, 0.3) is 0 Å². The first-order chi connectivity index (χ1) is 8.97. The van der Waals surface area contributed by atoms with E-state index in [4.69, 9.17) is 34.8 Å². The van der Waals surface area contributed by atoms with Gasteiger partial charge >= 0.3 is 0 Å². The second-order valence-corrected chi connectivity index (χ2v) is 5.69. The van der Waals surface area contributed by atoms with Crippen LogP contribution in [0.5, 0.6) is 5.75 Å². The minimum atomic E-state index is -0.0433. The normalized spacial score (nSPS) is 11.2. The molecule has 0 aliphatic rings. The number of azo groups is 1. The highest BCUT2D eigenvalue weighted by atomic mass is 79.9. The van der Waals surface area contributed by atoms with Gasteiger partial charge < -0.3 is 5.11 Å². The fourth-order valence-corrected chi connectivity index (χ4v) is 2.54. The number of phenols is 1. The summed E-state index contributed by atoms with van der Waals surface area (Å²) in [6, 6.07) is 7.89. The van der Waals surface area contributed by atoms with Crippen LogP contribution in [-0.2, 0) is 0 Å². The van der Waals surface area contributed by atoms with Gasteiger partial charge in [-0.15, -0.1) is 10.2 Å². The molecule has 19 heavy (non-hydrogen) atoms. The minimum Gasteiger partial charge on any atom is -0.505 e. The van der Waals surface area contributed by atoms with Crippen LogP contribution in [0.2, 0.25) is 15.1 Å². The van der Waals surface area contributed by atoms with Crippen molar-refractivity contribution in [3.05, 3.63) is 49.9 Å². The number of rotatable bonds is 2. The van der Waals surface area contributed by atoms with Gasteiger partial charge in [-0.3, -0.25) is 0 Å². The van der Waals surface area contributed by atoms with Gasteiger partial charge in [0.2, 0.25) is 0 Å². The summed E-state index contributed by atoms with van der Waals surface area (Å²) in [6.45, 7) is 0. The molecule has 7 heteroatoms.